The number of anilines is 1. The lowest BCUT2D eigenvalue weighted by molar-refractivity contribution is -0.129. The van der Waals surface area contributed by atoms with E-state index >= 15 is 0 Å². The number of nitrogens with one attached hydrogen (secondary N) is 1. The molecule has 0 spiro atoms. The summed E-state index contributed by atoms with van der Waals surface area (Å²) in [5, 5.41) is 2.39. The Kier molecular flexibility index (Phi) is 8.10. The Morgan fingerprint density at radius 2 is 1.97 bits per heavy atom. The second-order valence-electron chi connectivity index (χ2n) is 7.02. The van der Waals surface area contributed by atoms with Crippen LogP contribution in [-0.4, -0.2) is 54.4 Å². The number of carbonyl (C=O) groups excluding carboxylic acids is 2. The van der Waals surface area contributed by atoms with Gasteiger partial charge in [-0.05, 0) is 43.2 Å². The molecule has 1 atom stereocenters. The van der Waals surface area contributed by atoms with E-state index in [4.69, 9.17) is 9.47 Å². The standard InChI is InChI=1S/C23H26FN3O4S/c1-4-25-23-27(12-11-15-9-10-18(30-2)19(13-15)31-3)21(28)14-20(32-23)22(29)26-17-8-6-5-7-16(17)24/h5-10,13,20H,4,11-12,14H2,1-3H3,(H,26,29). The predicted octanol–water partition coefficient (Wildman–Crippen LogP) is 3.73. The van der Waals surface area contributed by atoms with Crippen LogP contribution in [0, 0.1) is 5.82 Å². The molecule has 0 saturated carbocycles. The molecule has 3 rings (SSSR count). The Morgan fingerprint density at radius 3 is 2.66 bits per heavy atom. The average molecular weight is 460 g/mol. The lowest BCUT2D eigenvalue weighted by Crippen LogP contribution is -2.46. The molecule has 1 aliphatic heterocycles. The Morgan fingerprint density at radius 1 is 1.22 bits per heavy atom. The number of benzene rings is 2. The Balaban J connectivity index is 1.69. The van der Waals surface area contributed by atoms with Crippen LogP contribution >= 0.6 is 11.8 Å². The highest BCUT2D eigenvalue weighted by molar-refractivity contribution is 8.15. The van der Waals surface area contributed by atoms with Crippen molar-refractivity contribution >= 4 is 34.4 Å². The Bertz CT molecular complexity index is 1010. The number of rotatable bonds is 8. The van der Waals surface area contributed by atoms with E-state index in [0.717, 1.165) is 5.56 Å². The fraction of sp³-hybridized carbons (Fsp3) is 0.348. The van der Waals surface area contributed by atoms with E-state index in [2.05, 4.69) is 10.3 Å². The third-order valence-electron chi connectivity index (χ3n) is 4.93. The largest absolute Gasteiger partial charge is 0.493 e. The lowest BCUT2D eigenvalue weighted by atomic mass is 10.1. The first kappa shape index (κ1) is 23.6. The number of aliphatic imine (C=N–C) groups is 1. The first-order chi connectivity index (χ1) is 15.5. The van der Waals surface area contributed by atoms with Crippen molar-refractivity contribution in [3.05, 3.63) is 53.8 Å². The van der Waals surface area contributed by atoms with Gasteiger partial charge in [-0.1, -0.05) is 30.0 Å². The summed E-state index contributed by atoms with van der Waals surface area (Å²) in [6.45, 7) is 2.76. The van der Waals surface area contributed by atoms with Crippen LogP contribution in [-0.2, 0) is 16.0 Å². The van der Waals surface area contributed by atoms with Crippen molar-refractivity contribution < 1.29 is 23.5 Å². The number of hydrogen-bond donors (Lipinski definition) is 1. The third kappa shape index (κ3) is 5.59. The Labute approximate surface area is 191 Å². The third-order valence-corrected chi connectivity index (χ3v) is 6.15. The van der Waals surface area contributed by atoms with Crippen LogP contribution < -0.4 is 14.8 Å². The van der Waals surface area contributed by atoms with E-state index in [9.17, 15) is 14.0 Å². The number of amidine groups is 1. The van der Waals surface area contributed by atoms with Gasteiger partial charge in [-0.15, -0.1) is 0 Å². The molecule has 2 amide bonds. The molecule has 1 aliphatic rings. The van der Waals surface area contributed by atoms with Crippen LogP contribution in [0.1, 0.15) is 18.9 Å². The average Bonchev–Trinajstić information content (AvgIpc) is 2.79. The van der Waals surface area contributed by atoms with Gasteiger partial charge in [0.15, 0.2) is 16.7 Å². The highest BCUT2D eigenvalue weighted by Crippen LogP contribution is 2.30. The van der Waals surface area contributed by atoms with Gasteiger partial charge in [0.2, 0.25) is 11.8 Å². The molecule has 1 heterocycles. The van der Waals surface area contributed by atoms with Crippen LogP contribution in [0.3, 0.4) is 0 Å². The molecular formula is C23H26FN3O4S. The van der Waals surface area contributed by atoms with Gasteiger partial charge in [-0.3, -0.25) is 19.5 Å². The second-order valence-corrected chi connectivity index (χ2v) is 8.19. The zero-order valence-corrected chi connectivity index (χ0v) is 19.1. The van der Waals surface area contributed by atoms with Crippen molar-refractivity contribution in [2.75, 3.05) is 32.6 Å². The second kappa shape index (κ2) is 11.0. The van der Waals surface area contributed by atoms with Crippen molar-refractivity contribution in [2.24, 2.45) is 4.99 Å². The van der Waals surface area contributed by atoms with Gasteiger partial charge in [-0.2, -0.15) is 0 Å². The highest BCUT2D eigenvalue weighted by Gasteiger charge is 2.35. The van der Waals surface area contributed by atoms with Gasteiger partial charge >= 0.3 is 0 Å². The fourth-order valence-corrected chi connectivity index (χ4v) is 4.46. The van der Waals surface area contributed by atoms with Gasteiger partial charge in [0.05, 0.1) is 19.9 Å². The van der Waals surface area contributed by atoms with Crippen molar-refractivity contribution in [3.8, 4) is 11.5 Å². The predicted molar refractivity (Wildman–Crippen MR) is 124 cm³/mol. The van der Waals surface area contributed by atoms with E-state index in [-0.39, 0.29) is 18.0 Å². The summed E-state index contributed by atoms with van der Waals surface area (Å²) in [4.78, 5) is 31.6. The molecule has 0 aromatic heterocycles. The molecule has 0 bridgehead atoms. The maximum Gasteiger partial charge on any atom is 0.238 e. The molecule has 2 aromatic rings. The fourth-order valence-electron chi connectivity index (χ4n) is 3.29. The van der Waals surface area contributed by atoms with Crippen molar-refractivity contribution in [2.45, 2.75) is 25.0 Å². The SMILES string of the molecule is CCN=C1SC(C(=O)Nc2ccccc2F)CC(=O)N1CCc1ccc(OC)c(OC)c1. The Hall–Kier alpha value is -3.07. The first-order valence-electron chi connectivity index (χ1n) is 10.2. The molecule has 0 radical (unpaired) electrons. The summed E-state index contributed by atoms with van der Waals surface area (Å²) >= 11 is 1.23. The van der Waals surface area contributed by atoms with Crippen LogP contribution in [0.15, 0.2) is 47.5 Å². The number of methoxy groups -OCH3 is 2. The minimum absolute atomic E-state index is 0.0135. The van der Waals surface area contributed by atoms with Crippen molar-refractivity contribution in [1.29, 1.82) is 0 Å². The number of carbonyl (C=O) groups is 2. The maximum atomic E-state index is 13.9. The number of nitrogens with zero attached hydrogens (tertiary/aromatic N) is 2. The topological polar surface area (TPSA) is 80.2 Å². The quantitative estimate of drug-likeness (QED) is 0.651. The van der Waals surface area contributed by atoms with E-state index in [1.165, 1.54) is 23.9 Å². The molecule has 170 valence electrons. The van der Waals surface area contributed by atoms with E-state index < -0.39 is 17.0 Å². The molecule has 1 fully saturated rings. The van der Waals surface area contributed by atoms with Crippen LogP contribution in [0.25, 0.3) is 0 Å². The number of hydrogen-bond acceptors (Lipinski definition) is 6. The van der Waals surface area contributed by atoms with Gasteiger partial charge in [-0.25, -0.2) is 4.39 Å². The van der Waals surface area contributed by atoms with Gasteiger partial charge < -0.3 is 14.8 Å². The molecule has 2 aromatic carbocycles. The van der Waals surface area contributed by atoms with Gasteiger partial charge in [0, 0.05) is 19.5 Å². The zero-order chi connectivity index (χ0) is 23.1. The van der Waals surface area contributed by atoms with Crippen molar-refractivity contribution in [3.63, 3.8) is 0 Å². The first-order valence-corrected chi connectivity index (χ1v) is 11.1. The van der Waals surface area contributed by atoms with Gasteiger partial charge in [0.25, 0.3) is 0 Å². The molecule has 32 heavy (non-hydrogen) atoms. The van der Waals surface area contributed by atoms with Crippen LogP contribution in [0.5, 0.6) is 11.5 Å². The van der Waals surface area contributed by atoms with Crippen LogP contribution in [0.2, 0.25) is 0 Å². The normalized spacial score (nSPS) is 17.4. The van der Waals surface area contributed by atoms with Crippen LogP contribution in [0.4, 0.5) is 10.1 Å². The monoisotopic (exact) mass is 459 g/mol. The number of amides is 2. The summed E-state index contributed by atoms with van der Waals surface area (Å²) in [7, 11) is 3.15. The summed E-state index contributed by atoms with van der Waals surface area (Å²) in [5.74, 6) is 0.128. The molecule has 9 heteroatoms. The molecule has 1 N–H and O–H groups in total. The highest BCUT2D eigenvalue weighted by atomic mass is 32.2. The maximum absolute atomic E-state index is 13.9. The number of para-hydroxylation sites is 1. The molecule has 0 aliphatic carbocycles. The molecule has 7 nitrogen and oxygen atoms in total. The smallest absolute Gasteiger partial charge is 0.238 e. The lowest BCUT2D eigenvalue weighted by Gasteiger charge is -2.32. The summed E-state index contributed by atoms with van der Waals surface area (Å²) < 4.78 is 24.5. The van der Waals surface area contributed by atoms with E-state index in [1.54, 1.807) is 31.3 Å². The summed E-state index contributed by atoms with van der Waals surface area (Å²) in [5.41, 5.74) is 1.08. The molecule has 1 saturated heterocycles. The number of thioether (sulfide) groups is 1. The number of ether oxygens (including phenoxy) is 2. The summed E-state index contributed by atoms with van der Waals surface area (Å²) in [6.07, 6.45) is 0.598. The van der Waals surface area contributed by atoms with E-state index in [1.807, 2.05) is 25.1 Å². The molecule has 1 unspecified atom stereocenters. The summed E-state index contributed by atoms with van der Waals surface area (Å²) in [6, 6.07) is 11.6. The van der Waals surface area contributed by atoms with Gasteiger partial charge in [0.1, 0.15) is 11.1 Å². The number of halogens is 1. The van der Waals surface area contributed by atoms with E-state index in [0.29, 0.717) is 36.2 Å². The minimum Gasteiger partial charge on any atom is -0.493 e. The van der Waals surface area contributed by atoms with Crippen molar-refractivity contribution in [1.82, 2.24) is 4.90 Å². The minimum atomic E-state index is -0.676. The molecular weight excluding hydrogens is 433 g/mol. The zero-order valence-electron chi connectivity index (χ0n) is 18.3.